The van der Waals surface area contributed by atoms with E-state index in [1.165, 1.54) is 10.8 Å². The highest BCUT2D eigenvalue weighted by Gasteiger charge is 2.60. The van der Waals surface area contributed by atoms with Crippen LogP contribution in [0, 0.1) is 17.2 Å². The number of aromatic nitrogens is 3. The number of nitrogens with two attached hydrogens (primary N) is 1. The lowest BCUT2D eigenvalue weighted by atomic mass is 9.92. The topological polar surface area (TPSA) is 156 Å². The molecule has 136 valence electrons. The third kappa shape index (κ3) is 2.33. The van der Waals surface area contributed by atoms with Gasteiger partial charge in [-0.05, 0) is 25.0 Å². The van der Waals surface area contributed by atoms with Crippen LogP contribution in [0.2, 0.25) is 0 Å². The Bertz CT molecular complexity index is 904. The Kier molecular flexibility index (Phi) is 3.80. The van der Waals surface area contributed by atoms with E-state index in [0.717, 1.165) is 0 Å². The molecule has 0 unspecified atom stereocenters. The van der Waals surface area contributed by atoms with Crippen LogP contribution in [0.4, 0.5) is 5.82 Å². The monoisotopic (exact) mass is 359 g/mol. The van der Waals surface area contributed by atoms with E-state index in [-0.39, 0.29) is 17.4 Å². The largest absolute Gasteiger partial charge is 0.455 e. The second-order valence-corrected chi connectivity index (χ2v) is 6.47. The van der Waals surface area contributed by atoms with Gasteiger partial charge in [0.15, 0.2) is 11.9 Å². The first-order chi connectivity index (χ1) is 12.5. The molecular weight excluding hydrogens is 342 g/mol. The number of nitrogen functional groups attached to an aromatic ring is 1. The predicted octanol–water partition coefficient (Wildman–Crippen LogP) is -0.896. The molecule has 4 N–H and O–H groups in total. The minimum Gasteiger partial charge on any atom is -0.455 e. The number of nitriles is 1. The van der Waals surface area contributed by atoms with Gasteiger partial charge in [-0.1, -0.05) is 0 Å². The quantitative estimate of drug-likeness (QED) is 0.589. The van der Waals surface area contributed by atoms with Crippen molar-refractivity contribution in [2.45, 2.75) is 36.8 Å². The van der Waals surface area contributed by atoms with Crippen molar-refractivity contribution >= 4 is 17.3 Å². The molecule has 0 aromatic carbocycles. The van der Waals surface area contributed by atoms with Crippen molar-refractivity contribution in [3.05, 3.63) is 24.2 Å². The second-order valence-electron chi connectivity index (χ2n) is 6.47. The molecule has 0 spiro atoms. The number of esters is 1. The average molecular weight is 359 g/mol. The number of aliphatic hydroxyl groups excluding tert-OH is 2. The van der Waals surface area contributed by atoms with Crippen molar-refractivity contribution in [3.8, 4) is 6.07 Å². The molecule has 10 nitrogen and oxygen atoms in total. The SMILES string of the molecule is N#C[C@@]1(c2ccc3c(N)ncnn23)O[C@H](CO)[C@@H](O)[C@H]1OC(=O)C1CC1. The van der Waals surface area contributed by atoms with Gasteiger partial charge in [0.1, 0.15) is 30.1 Å². The van der Waals surface area contributed by atoms with E-state index < -0.39 is 36.5 Å². The summed E-state index contributed by atoms with van der Waals surface area (Å²) >= 11 is 0. The molecule has 2 aliphatic rings. The van der Waals surface area contributed by atoms with Crippen LogP contribution >= 0.6 is 0 Å². The molecule has 0 bridgehead atoms. The predicted molar refractivity (Wildman–Crippen MR) is 85.3 cm³/mol. The van der Waals surface area contributed by atoms with Gasteiger partial charge in [0.2, 0.25) is 5.60 Å². The summed E-state index contributed by atoms with van der Waals surface area (Å²) < 4.78 is 12.5. The molecule has 2 aromatic heterocycles. The van der Waals surface area contributed by atoms with Crippen LogP contribution in [-0.2, 0) is 19.9 Å². The Balaban J connectivity index is 1.83. The first-order valence-electron chi connectivity index (χ1n) is 8.19. The Morgan fingerprint density at radius 1 is 1.54 bits per heavy atom. The highest BCUT2D eigenvalue weighted by Crippen LogP contribution is 2.43. The number of fused-ring (bicyclic) bond motifs is 1. The van der Waals surface area contributed by atoms with Gasteiger partial charge in [0.25, 0.3) is 0 Å². The van der Waals surface area contributed by atoms with Gasteiger partial charge in [-0.15, -0.1) is 0 Å². The number of anilines is 1. The Hall–Kier alpha value is -2.74. The summed E-state index contributed by atoms with van der Waals surface area (Å²) in [6, 6.07) is 5.16. The number of ether oxygens (including phenoxy) is 2. The van der Waals surface area contributed by atoms with Gasteiger partial charge < -0.3 is 25.4 Å². The number of aliphatic hydroxyl groups is 2. The van der Waals surface area contributed by atoms with E-state index in [2.05, 4.69) is 10.1 Å². The molecule has 1 aliphatic carbocycles. The van der Waals surface area contributed by atoms with Gasteiger partial charge >= 0.3 is 5.97 Å². The Labute approximate surface area is 147 Å². The zero-order chi connectivity index (χ0) is 18.5. The van der Waals surface area contributed by atoms with Crippen molar-refractivity contribution in [1.29, 1.82) is 5.26 Å². The van der Waals surface area contributed by atoms with Crippen LogP contribution in [0.25, 0.3) is 5.52 Å². The van der Waals surface area contributed by atoms with Gasteiger partial charge in [-0.25, -0.2) is 9.50 Å². The zero-order valence-corrected chi connectivity index (χ0v) is 13.6. The maximum Gasteiger partial charge on any atom is 0.309 e. The molecular formula is C16H17N5O5. The van der Waals surface area contributed by atoms with Crippen LogP contribution in [0.1, 0.15) is 18.5 Å². The fraction of sp³-hybridized carbons (Fsp3) is 0.500. The summed E-state index contributed by atoms with van der Waals surface area (Å²) in [6.45, 7) is -0.539. The normalized spacial score (nSPS) is 31.0. The minimum atomic E-state index is -1.84. The number of nitrogens with zero attached hydrogens (tertiary/aromatic N) is 4. The average Bonchev–Trinajstić information content (AvgIpc) is 3.35. The molecule has 0 radical (unpaired) electrons. The second kappa shape index (κ2) is 5.91. The molecule has 3 heterocycles. The van der Waals surface area contributed by atoms with Crippen LogP contribution in [-0.4, -0.2) is 55.7 Å². The molecule has 10 heteroatoms. The van der Waals surface area contributed by atoms with Crippen molar-refractivity contribution in [2.24, 2.45) is 5.92 Å². The maximum absolute atomic E-state index is 12.2. The first-order valence-corrected chi connectivity index (χ1v) is 8.19. The highest BCUT2D eigenvalue weighted by molar-refractivity contribution is 5.75. The Morgan fingerprint density at radius 2 is 2.31 bits per heavy atom. The number of rotatable bonds is 4. The van der Waals surface area contributed by atoms with E-state index in [1.54, 1.807) is 12.1 Å². The zero-order valence-electron chi connectivity index (χ0n) is 13.6. The number of carbonyl (C=O) groups excluding carboxylic acids is 1. The molecule has 4 rings (SSSR count). The van der Waals surface area contributed by atoms with Gasteiger partial charge in [0.05, 0.1) is 18.2 Å². The maximum atomic E-state index is 12.2. The van der Waals surface area contributed by atoms with E-state index >= 15 is 0 Å². The number of carbonyl (C=O) groups is 1. The molecule has 26 heavy (non-hydrogen) atoms. The summed E-state index contributed by atoms with van der Waals surface area (Å²) in [5.41, 5.74) is 4.65. The van der Waals surface area contributed by atoms with Crippen LogP contribution < -0.4 is 5.73 Å². The van der Waals surface area contributed by atoms with Gasteiger partial charge in [-0.3, -0.25) is 4.79 Å². The molecule has 2 aromatic rings. The molecule has 1 aliphatic heterocycles. The summed E-state index contributed by atoms with van der Waals surface area (Å²) in [5.74, 6) is -0.525. The van der Waals surface area contributed by atoms with Crippen molar-refractivity contribution in [2.75, 3.05) is 12.3 Å². The van der Waals surface area contributed by atoms with E-state index in [1.807, 2.05) is 6.07 Å². The lowest BCUT2D eigenvalue weighted by molar-refractivity contribution is -0.161. The lowest BCUT2D eigenvalue weighted by Crippen LogP contribution is -2.44. The van der Waals surface area contributed by atoms with Crippen LogP contribution in [0.3, 0.4) is 0 Å². The smallest absolute Gasteiger partial charge is 0.309 e. The van der Waals surface area contributed by atoms with E-state index in [0.29, 0.717) is 18.4 Å². The van der Waals surface area contributed by atoms with Gasteiger partial charge in [-0.2, -0.15) is 10.4 Å². The van der Waals surface area contributed by atoms with Crippen LogP contribution in [0.5, 0.6) is 0 Å². The molecule has 0 amide bonds. The molecule has 4 atom stereocenters. The van der Waals surface area contributed by atoms with Crippen molar-refractivity contribution < 1.29 is 24.5 Å². The van der Waals surface area contributed by atoms with Gasteiger partial charge in [0, 0.05) is 0 Å². The fourth-order valence-corrected chi connectivity index (χ4v) is 3.24. The summed E-state index contributed by atoms with van der Waals surface area (Å²) in [6.07, 6.45) is -1.13. The molecule has 1 saturated carbocycles. The molecule has 1 saturated heterocycles. The minimum absolute atomic E-state index is 0.197. The lowest BCUT2D eigenvalue weighted by Gasteiger charge is -2.27. The summed E-state index contributed by atoms with van der Waals surface area (Å²) in [5, 5.41) is 34.0. The summed E-state index contributed by atoms with van der Waals surface area (Å²) in [4.78, 5) is 16.1. The van der Waals surface area contributed by atoms with E-state index in [9.17, 15) is 20.3 Å². The third-order valence-corrected chi connectivity index (χ3v) is 4.79. The third-order valence-electron chi connectivity index (χ3n) is 4.79. The van der Waals surface area contributed by atoms with Crippen LogP contribution in [0.15, 0.2) is 18.5 Å². The Morgan fingerprint density at radius 3 is 2.96 bits per heavy atom. The van der Waals surface area contributed by atoms with Crippen molar-refractivity contribution in [1.82, 2.24) is 14.6 Å². The standard InChI is InChI=1S/C16H17N5O5/c17-6-16(11-4-3-9-14(18)19-7-20-21(9)11)13(12(23)10(5-22)26-16)25-15(24)8-1-2-8/h3-4,7-8,10,12-13,22-23H,1-2,5H2,(H2,18,19,20)/t10-,12-,13-,16+/m1/s1. The highest BCUT2D eigenvalue weighted by atomic mass is 16.6. The first kappa shape index (κ1) is 16.7. The van der Waals surface area contributed by atoms with E-state index in [4.69, 9.17) is 15.2 Å². The number of hydrogen-bond acceptors (Lipinski definition) is 9. The van der Waals surface area contributed by atoms with Crippen molar-refractivity contribution in [3.63, 3.8) is 0 Å². The fourth-order valence-electron chi connectivity index (χ4n) is 3.24. The number of hydrogen-bond donors (Lipinski definition) is 3. The molecule has 2 fully saturated rings. The summed E-state index contributed by atoms with van der Waals surface area (Å²) in [7, 11) is 0.